The van der Waals surface area contributed by atoms with Crippen molar-refractivity contribution in [3.63, 3.8) is 0 Å². The molecule has 2 aliphatic rings. The first-order valence-electron chi connectivity index (χ1n) is 7.21. The Balaban J connectivity index is 0.00000176. The molecule has 122 valence electrons. The molecule has 2 heterocycles. The maximum absolute atomic E-state index is 12.2. The largest absolute Gasteiger partial charge is 0.486 e. The number of carbonyl (C=O) groups excluding carboxylic acids is 1. The van der Waals surface area contributed by atoms with Gasteiger partial charge in [0.25, 0.3) is 0 Å². The molecule has 1 fully saturated rings. The molecule has 3 N–H and O–H groups in total. The van der Waals surface area contributed by atoms with Crippen molar-refractivity contribution in [2.45, 2.75) is 24.9 Å². The van der Waals surface area contributed by atoms with Crippen LogP contribution in [0.1, 0.15) is 18.4 Å². The number of amides is 1. The molecule has 7 heteroatoms. The number of nitrogens with two attached hydrogens (primary N) is 1. The highest BCUT2D eigenvalue weighted by atomic mass is 35.5. The minimum Gasteiger partial charge on any atom is -0.486 e. The molecule has 1 saturated heterocycles. The van der Waals surface area contributed by atoms with Crippen molar-refractivity contribution in [3.8, 4) is 11.5 Å². The van der Waals surface area contributed by atoms with Crippen molar-refractivity contribution in [1.82, 2.24) is 5.32 Å². The van der Waals surface area contributed by atoms with Crippen LogP contribution in [0.5, 0.6) is 11.5 Å². The molecule has 0 spiro atoms. The second-order valence-corrected chi connectivity index (χ2v) is 5.43. The zero-order chi connectivity index (χ0) is 14.7. The molecule has 3 rings (SSSR count). The zero-order valence-corrected chi connectivity index (χ0v) is 13.1. The third-order valence-corrected chi connectivity index (χ3v) is 3.90. The van der Waals surface area contributed by atoms with Gasteiger partial charge in [-0.25, -0.2) is 0 Å². The van der Waals surface area contributed by atoms with E-state index in [1.165, 1.54) is 0 Å². The maximum Gasteiger partial charge on any atom is 0.240 e. The smallest absolute Gasteiger partial charge is 0.240 e. The van der Waals surface area contributed by atoms with Crippen LogP contribution in [0.3, 0.4) is 0 Å². The number of carbonyl (C=O) groups is 1. The third kappa shape index (κ3) is 3.63. The second kappa shape index (κ2) is 7.17. The van der Waals surface area contributed by atoms with E-state index >= 15 is 0 Å². The lowest BCUT2D eigenvalue weighted by molar-refractivity contribution is -0.129. The number of rotatable bonds is 3. The highest BCUT2D eigenvalue weighted by Crippen LogP contribution is 2.30. The van der Waals surface area contributed by atoms with Gasteiger partial charge in [-0.05, 0) is 30.5 Å². The van der Waals surface area contributed by atoms with Crippen molar-refractivity contribution >= 4 is 18.3 Å². The number of benzene rings is 1. The van der Waals surface area contributed by atoms with Gasteiger partial charge >= 0.3 is 0 Å². The average Bonchev–Trinajstić information content (AvgIpc) is 2.53. The Morgan fingerprint density at radius 1 is 1.14 bits per heavy atom. The molecule has 1 amide bonds. The third-order valence-electron chi connectivity index (χ3n) is 3.90. The van der Waals surface area contributed by atoms with Crippen LogP contribution in [0.25, 0.3) is 0 Å². The van der Waals surface area contributed by atoms with Crippen molar-refractivity contribution in [1.29, 1.82) is 0 Å². The van der Waals surface area contributed by atoms with Crippen LogP contribution in [-0.2, 0) is 16.1 Å². The molecule has 0 aromatic heterocycles. The van der Waals surface area contributed by atoms with Gasteiger partial charge in [-0.2, -0.15) is 0 Å². The fourth-order valence-corrected chi connectivity index (χ4v) is 2.52. The first-order chi connectivity index (χ1) is 10.2. The SMILES string of the molecule is Cl.NC1(C(=O)NCc2ccc3c(c2)OCCO3)CCOCC1. The van der Waals surface area contributed by atoms with Gasteiger partial charge in [-0.15, -0.1) is 12.4 Å². The first-order valence-corrected chi connectivity index (χ1v) is 7.21. The molecular formula is C15H21ClN2O4. The molecular weight excluding hydrogens is 308 g/mol. The summed E-state index contributed by atoms with van der Waals surface area (Å²) < 4.78 is 16.2. The summed E-state index contributed by atoms with van der Waals surface area (Å²) in [6.45, 7) is 2.62. The summed E-state index contributed by atoms with van der Waals surface area (Å²) in [6, 6.07) is 5.67. The quantitative estimate of drug-likeness (QED) is 0.865. The molecule has 0 aliphatic carbocycles. The molecule has 0 bridgehead atoms. The summed E-state index contributed by atoms with van der Waals surface area (Å²) in [6.07, 6.45) is 1.11. The van der Waals surface area contributed by atoms with Gasteiger partial charge in [-0.3, -0.25) is 4.79 Å². The van der Waals surface area contributed by atoms with E-state index in [9.17, 15) is 4.79 Å². The molecule has 1 aromatic carbocycles. The van der Waals surface area contributed by atoms with E-state index in [4.69, 9.17) is 19.9 Å². The summed E-state index contributed by atoms with van der Waals surface area (Å²) in [7, 11) is 0. The van der Waals surface area contributed by atoms with Crippen LogP contribution in [0.4, 0.5) is 0 Å². The molecule has 6 nitrogen and oxygen atoms in total. The predicted molar refractivity (Wildman–Crippen MR) is 83.5 cm³/mol. The summed E-state index contributed by atoms with van der Waals surface area (Å²) in [5, 5.41) is 2.90. The van der Waals surface area contributed by atoms with Crippen molar-refractivity contribution < 1.29 is 19.0 Å². The first kappa shape index (κ1) is 16.9. The van der Waals surface area contributed by atoms with E-state index in [0.717, 1.165) is 17.1 Å². The van der Waals surface area contributed by atoms with Gasteiger partial charge in [0, 0.05) is 19.8 Å². The fraction of sp³-hybridized carbons (Fsp3) is 0.533. The Morgan fingerprint density at radius 2 is 1.82 bits per heavy atom. The van der Waals surface area contributed by atoms with Crippen LogP contribution in [0.2, 0.25) is 0 Å². The number of hydrogen-bond donors (Lipinski definition) is 2. The summed E-state index contributed by atoms with van der Waals surface area (Å²) in [5.41, 5.74) is 6.29. The minimum atomic E-state index is -0.813. The molecule has 0 radical (unpaired) electrons. The lowest BCUT2D eigenvalue weighted by Crippen LogP contribution is -2.56. The zero-order valence-electron chi connectivity index (χ0n) is 12.3. The molecule has 22 heavy (non-hydrogen) atoms. The summed E-state index contributed by atoms with van der Waals surface area (Å²) in [4.78, 5) is 12.2. The highest BCUT2D eigenvalue weighted by molar-refractivity contribution is 5.86. The lowest BCUT2D eigenvalue weighted by Gasteiger charge is -2.31. The number of halogens is 1. The van der Waals surface area contributed by atoms with E-state index in [-0.39, 0.29) is 18.3 Å². The number of hydrogen-bond acceptors (Lipinski definition) is 5. The topological polar surface area (TPSA) is 82.8 Å². The van der Waals surface area contributed by atoms with Gasteiger partial charge in [-0.1, -0.05) is 6.07 Å². The summed E-state index contributed by atoms with van der Waals surface area (Å²) in [5.74, 6) is 1.35. The number of fused-ring (bicyclic) bond motifs is 1. The Morgan fingerprint density at radius 3 is 2.55 bits per heavy atom. The Hall–Kier alpha value is -1.50. The molecule has 1 aromatic rings. The number of nitrogens with one attached hydrogen (secondary N) is 1. The molecule has 0 atom stereocenters. The van der Waals surface area contributed by atoms with Gasteiger partial charge in [0.2, 0.25) is 5.91 Å². The second-order valence-electron chi connectivity index (χ2n) is 5.43. The standard InChI is InChI=1S/C15H20N2O4.ClH/c16-15(3-5-19-6-4-15)14(18)17-10-11-1-2-12-13(9-11)21-8-7-20-12;/h1-2,9H,3-8,10,16H2,(H,17,18);1H. The minimum absolute atomic E-state index is 0. The Bertz CT molecular complexity index is 532. The van der Waals surface area contributed by atoms with Crippen LogP contribution in [0.15, 0.2) is 18.2 Å². The predicted octanol–water partition coefficient (Wildman–Crippen LogP) is 1.00. The van der Waals surface area contributed by atoms with Gasteiger partial charge < -0.3 is 25.3 Å². The van der Waals surface area contributed by atoms with Crippen LogP contribution < -0.4 is 20.5 Å². The molecule has 2 aliphatic heterocycles. The Labute approximate surface area is 135 Å². The molecule has 0 saturated carbocycles. The maximum atomic E-state index is 12.2. The van der Waals surface area contributed by atoms with Gasteiger partial charge in [0.15, 0.2) is 11.5 Å². The van der Waals surface area contributed by atoms with Gasteiger partial charge in [0.05, 0.1) is 5.54 Å². The Kier molecular flexibility index (Phi) is 5.50. The van der Waals surface area contributed by atoms with Crippen molar-refractivity contribution in [3.05, 3.63) is 23.8 Å². The van der Waals surface area contributed by atoms with E-state index in [1.807, 2.05) is 18.2 Å². The van der Waals surface area contributed by atoms with Crippen LogP contribution in [0, 0.1) is 0 Å². The van der Waals surface area contributed by atoms with Crippen LogP contribution >= 0.6 is 12.4 Å². The van der Waals surface area contributed by atoms with E-state index in [1.54, 1.807) is 0 Å². The van der Waals surface area contributed by atoms with E-state index < -0.39 is 5.54 Å². The fourth-order valence-electron chi connectivity index (χ4n) is 2.52. The average molecular weight is 329 g/mol. The van der Waals surface area contributed by atoms with Crippen molar-refractivity contribution in [2.24, 2.45) is 5.73 Å². The normalized spacial score (nSPS) is 19.0. The van der Waals surface area contributed by atoms with Crippen molar-refractivity contribution in [2.75, 3.05) is 26.4 Å². The van der Waals surface area contributed by atoms with Gasteiger partial charge in [0.1, 0.15) is 13.2 Å². The molecule has 0 unspecified atom stereocenters. The highest BCUT2D eigenvalue weighted by Gasteiger charge is 2.35. The van der Waals surface area contributed by atoms with Crippen LogP contribution in [-0.4, -0.2) is 37.9 Å². The monoisotopic (exact) mass is 328 g/mol. The van der Waals surface area contributed by atoms with E-state index in [2.05, 4.69) is 5.32 Å². The lowest BCUT2D eigenvalue weighted by atomic mass is 9.90. The number of ether oxygens (including phenoxy) is 3. The summed E-state index contributed by atoms with van der Waals surface area (Å²) >= 11 is 0. The van der Waals surface area contributed by atoms with E-state index in [0.29, 0.717) is 45.8 Å².